The third-order valence-corrected chi connectivity index (χ3v) is 2.10. The van der Waals surface area contributed by atoms with Crippen LogP contribution in [0.4, 0.5) is 8.78 Å². The first-order chi connectivity index (χ1) is 7.02. The van der Waals surface area contributed by atoms with E-state index in [-0.39, 0.29) is 29.4 Å². The van der Waals surface area contributed by atoms with Gasteiger partial charge in [-0.15, -0.1) is 0 Å². The monoisotopic (exact) mass is 211 g/mol. The molecule has 1 aromatic carbocycles. The van der Waals surface area contributed by atoms with Crippen molar-refractivity contribution >= 4 is 0 Å². The van der Waals surface area contributed by atoms with Gasteiger partial charge in [-0.25, -0.2) is 8.78 Å². The molecule has 15 heavy (non-hydrogen) atoms. The minimum atomic E-state index is -2.99. The number of halogens is 2. The van der Waals surface area contributed by atoms with Crippen LogP contribution in [0.1, 0.15) is 18.1 Å². The van der Waals surface area contributed by atoms with Gasteiger partial charge in [0.15, 0.2) is 11.5 Å². The molecule has 5 heteroatoms. The molecule has 78 valence electrons. The third kappa shape index (κ3) is 1.59. The van der Waals surface area contributed by atoms with Crippen LogP contribution in [0.15, 0.2) is 12.1 Å². The van der Waals surface area contributed by atoms with Gasteiger partial charge in [-0.05, 0) is 12.1 Å². The lowest BCUT2D eigenvalue weighted by Crippen LogP contribution is -2.07. The molecule has 0 bridgehead atoms. The third-order valence-electron chi connectivity index (χ3n) is 2.10. The summed E-state index contributed by atoms with van der Waals surface area (Å²) in [6.07, 6.45) is 0. The summed E-state index contributed by atoms with van der Waals surface area (Å²) in [5.41, 5.74) is -0.176. The zero-order valence-corrected chi connectivity index (χ0v) is 7.88. The number of ether oxygens (including phenoxy) is 2. The summed E-state index contributed by atoms with van der Waals surface area (Å²) in [6.45, 7) is 0.731. The highest BCUT2D eigenvalue weighted by molar-refractivity contribution is 5.56. The normalized spacial score (nSPS) is 13.7. The number of alkyl halides is 2. The lowest BCUT2D eigenvalue weighted by atomic mass is 10.1. The topological polar surface area (TPSA) is 42.2 Å². The number of rotatable bonds is 1. The van der Waals surface area contributed by atoms with E-state index in [0.717, 1.165) is 13.0 Å². The SMILES string of the molecule is CC(F)(F)c1cc(C#N)c2c(c1)OCO2. The maximum absolute atomic E-state index is 13.0. The van der Waals surface area contributed by atoms with Crippen LogP contribution in [-0.2, 0) is 5.92 Å². The Hall–Kier alpha value is -1.83. The minimum absolute atomic E-state index is 0.0389. The second-order valence-corrected chi connectivity index (χ2v) is 3.26. The highest BCUT2D eigenvalue weighted by atomic mass is 19.3. The molecule has 0 spiro atoms. The van der Waals surface area contributed by atoms with Crippen molar-refractivity contribution in [1.82, 2.24) is 0 Å². The summed E-state index contributed by atoms with van der Waals surface area (Å²) >= 11 is 0. The average molecular weight is 211 g/mol. The number of benzene rings is 1. The van der Waals surface area contributed by atoms with Gasteiger partial charge in [0.05, 0.1) is 5.56 Å². The van der Waals surface area contributed by atoms with E-state index in [4.69, 9.17) is 14.7 Å². The van der Waals surface area contributed by atoms with Crippen LogP contribution in [0.5, 0.6) is 11.5 Å². The molecule has 0 fully saturated rings. The molecule has 1 aromatic rings. The Morgan fingerprint density at radius 3 is 2.73 bits per heavy atom. The Kier molecular flexibility index (Phi) is 2.00. The van der Waals surface area contributed by atoms with Crippen molar-refractivity contribution in [3.8, 4) is 17.6 Å². The Bertz CT molecular complexity index is 446. The maximum atomic E-state index is 13.0. The smallest absolute Gasteiger partial charge is 0.270 e. The summed E-state index contributed by atoms with van der Waals surface area (Å²) < 4.78 is 36.0. The summed E-state index contributed by atoms with van der Waals surface area (Å²) in [4.78, 5) is 0. The summed E-state index contributed by atoms with van der Waals surface area (Å²) in [5.74, 6) is -2.55. The van der Waals surface area contributed by atoms with Gasteiger partial charge >= 0.3 is 0 Å². The van der Waals surface area contributed by atoms with Gasteiger partial charge in [-0.3, -0.25) is 0 Å². The van der Waals surface area contributed by atoms with Crippen LogP contribution < -0.4 is 9.47 Å². The van der Waals surface area contributed by atoms with Crippen LogP contribution in [0.25, 0.3) is 0 Å². The molecule has 0 saturated heterocycles. The van der Waals surface area contributed by atoms with Gasteiger partial charge in [-0.2, -0.15) is 5.26 Å². The molecular weight excluding hydrogens is 204 g/mol. The van der Waals surface area contributed by atoms with E-state index >= 15 is 0 Å². The van der Waals surface area contributed by atoms with E-state index in [0.29, 0.717) is 0 Å². The summed E-state index contributed by atoms with van der Waals surface area (Å²) in [6, 6.07) is 4.12. The molecule has 1 heterocycles. The van der Waals surface area contributed by atoms with E-state index in [9.17, 15) is 8.78 Å². The fourth-order valence-corrected chi connectivity index (χ4v) is 1.35. The largest absolute Gasteiger partial charge is 0.454 e. The molecule has 0 aliphatic carbocycles. The fraction of sp³-hybridized carbons (Fsp3) is 0.300. The van der Waals surface area contributed by atoms with Gasteiger partial charge in [0.25, 0.3) is 5.92 Å². The molecule has 0 radical (unpaired) electrons. The zero-order chi connectivity index (χ0) is 11.1. The highest BCUT2D eigenvalue weighted by Crippen LogP contribution is 2.40. The first-order valence-electron chi connectivity index (χ1n) is 4.24. The molecule has 0 N–H and O–H groups in total. The zero-order valence-electron chi connectivity index (χ0n) is 7.88. The first-order valence-corrected chi connectivity index (χ1v) is 4.24. The molecule has 3 nitrogen and oxygen atoms in total. The lowest BCUT2D eigenvalue weighted by molar-refractivity contribution is 0.0172. The standard InChI is InChI=1S/C10H7F2NO2/c1-10(11,12)7-2-6(4-13)9-8(3-7)14-5-15-9/h2-3H,5H2,1H3. The van der Waals surface area contributed by atoms with Crippen molar-refractivity contribution in [2.75, 3.05) is 6.79 Å². The fourth-order valence-electron chi connectivity index (χ4n) is 1.35. The highest BCUT2D eigenvalue weighted by Gasteiger charge is 2.29. The molecule has 0 aromatic heterocycles. The van der Waals surface area contributed by atoms with Gasteiger partial charge in [0, 0.05) is 12.5 Å². The molecule has 0 saturated carbocycles. The van der Waals surface area contributed by atoms with Crippen molar-refractivity contribution in [1.29, 1.82) is 5.26 Å². The molecule has 2 rings (SSSR count). The molecule has 0 unspecified atom stereocenters. The van der Waals surface area contributed by atoms with Gasteiger partial charge in [-0.1, -0.05) is 0 Å². The number of nitrogens with zero attached hydrogens (tertiary/aromatic N) is 1. The van der Waals surface area contributed by atoms with Crippen LogP contribution in [0.2, 0.25) is 0 Å². The number of hydrogen-bond acceptors (Lipinski definition) is 3. The predicted molar refractivity (Wildman–Crippen MR) is 46.8 cm³/mol. The molecule has 0 atom stereocenters. The van der Waals surface area contributed by atoms with E-state index in [1.165, 1.54) is 6.07 Å². The van der Waals surface area contributed by atoms with E-state index in [1.54, 1.807) is 6.07 Å². The van der Waals surface area contributed by atoms with E-state index in [1.807, 2.05) is 0 Å². The minimum Gasteiger partial charge on any atom is -0.454 e. The first kappa shape index (κ1) is 9.71. The van der Waals surface area contributed by atoms with Gasteiger partial charge < -0.3 is 9.47 Å². The van der Waals surface area contributed by atoms with Crippen molar-refractivity contribution < 1.29 is 18.3 Å². The van der Waals surface area contributed by atoms with Crippen LogP contribution in [0, 0.1) is 11.3 Å². The Balaban J connectivity index is 2.59. The summed E-state index contributed by atoms with van der Waals surface area (Å²) in [7, 11) is 0. The number of nitriles is 1. The lowest BCUT2D eigenvalue weighted by Gasteiger charge is -2.11. The Morgan fingerprint density at radius 2 is 2.13 bits per heavy atom. The Labute approximate surface area is 84.8 Å². The van der Waals surface area contributed by atoms with Crippen LogP contribution in [0.3, 0.4) is 0 Å². The predicted octanol–water partition coefficient (Wildman–Crippen LogP) is 2.40. The average Bonchev–Trinajstić information content (AvgIpc) is 2.62. The summed E-state index contributed by atoms with van der Waals surface area (Å²) in [5, 5.41) is 8.76. The Morgan fingerprint density at radius 1 is 1.40 bits per heavy atom. The molecule has 0 amide bonds. The quantitative estimate of drug-likeness (QED) is 0.716. The number of hydrogen-bond donors (Lipinski definition) is 0. The second kappa shape index (κ2) is 3.09. The van der Waals surface area contributed by atoms with Gasteiger partial charge in [0.2, 0.25) is 6.79 Å². The van der Waals surface area contributed by atoms with Crippen LogP contribution in [-0.4, -0.2) is 6.79 Å². The van der Waals surface area contributed by atoms with Crippen molar-refractivity contribution in [2.45, 2.75) is 12.8 Å². The van der Waals surface area contributed by atoms with E-state index in [2.05, 4.69) is 0 Å². The van der Waals surface area contributed by atoms with Crippen LogP contribution >= 0.6 is 0 Å². The molecule has 1 aliphatic rings. The van der Waals surface area contributed by atoms with Gasteiger partial charge in [0.1, 0.15) is 6.07 Å². The molecular formula is C10H7F2NO2. The van der Waals surface area contributed by atoms with Crippen molar-refractivity contribution in [3.63, 3.8) is 0 Å². The second-order valence-electron chi connectivity index (χ2n) is 3.26. The maximum Gasteiger partial charge on any atom is 0.270 e. The number of fused-ring (bicyclic) bond motifs is 1. The van der Waals surface area contributed by atoms with E-state index < -0.39 is 5.92 Å². The van der Waals surface area contributed by atoms with Crippen molar-refractivity contribution in [2.24, 2.45) is 0 Å². The van der Waals surface area contributed by atoms with Crippen molar-refractivity contribution in [3.05, 3.63) is 23.3 Å². The molecule has 1 aliphatic heterocycles.